The van der Waals surface area contributed by atoms with E-state index < -0.39 is 6.10 Å². The van der Waals surface area contributed by atoms with Gasteiger partial charge in [-0.15, -0.1) is 0 Å². The Morgan fingerprint density at radius 3 is 2.62 bits per heavy atom. The van der Waals surface area contributed by atoms with Crippen molar-refractivity contribution in [1.29, 1.82) is 0 Å². The molecule has 0 saturated carbocycles. The second-order valence-electron chi connectivity index (χ2n) is 3.26. The monoisotopic (exact) mass is 183 g/mol. The van der Waals surface area contributed by atoms with Gasteiger partial charge < -0.3 is 10.8 Å². The van der Waals surface area contributed by atoms with Gasteiger partial charge in [-0.1, -0.05) is 12.1 Å². The van der Waals surface area contributed by atoms with Crippen molar-refractivity contribution >= 4 is 0 Å². The van der Waals surface area contributed by atoms with Gasteiger partial charge >= 0.3 is 0 Å². The first kappa shape index (κ1) is 10.2. The van der Waals surface area contributed by atoms with Crippen LogP contribution in [0.15, 0.2) is 18.2 Å². The highest BCUT2D eigenvalue weighted by molar-refractivity contribution is 5.29. The van der Waals surface area contributed by atoms with Crippen LogP contribution in [0.2, 0.25) is 0 Å². The van der Waals surface area contributed by atoms with Gasteiger partial charge in [0.15, 0.2) is 0 Å². The molecule has 0 saturated heterocycles. The van der Waals surface area contributed by atoms with E-state index in [0.29, 0.717) is 11.1 Å². The first-order chi connectivity index (χ1) is 6.04. The van der Waals surface area contributed by atoms with E-state index in [1.165, 1.54) is 6.07 Å². The molecule has 0 unspecified atom stereocenters. The quantitative estimate of drug-likeness (QED) is 0.730. The molecule has 0 bridgehead atoms. The Morgan fingerprint density at radius 1 is 1.46 bits per heavy atom. The number of hydrogen-bond donors (Lipinski definition) is 2. The third kappa shape index (κ3) is 2.05. The highest BCUT2D eigenvalue weighted by Gasteiger charge is 2.15. The molecule has 0 aliphatic heterocycles. The molecule has 3 N–H and O–H groups in total. The van der Waals surface area contributed by atoms with Gasteiger partial charge in [-0.25, -0.2) is 4.39 Å². The Morgan fingerprint density at radius 2 is 2.08 bits per heavy atom. The Labute approximate surface area is 77.2 Å². The zero-order valence-corrected chi connectivity index (χ0v) is 7.79. The number of benzene rings is 1. The lowest BCUT2D eigenvalue weighted by atomic mass is 9.99. The van der Waals surface area contributed by atoms with Crippen LogP contribution in [0.1, 0.15) is 24.2 Å². The largest absolute Gasteiger partial charge is 0.387 e. The lowest BCUT2D eigenvalue weighted by molar-refractivity contribution is 0.152. The third-order valence-electron chi connectivity index (χ3n) is 2.13. The molecule has 0 aliphatic rings. The van der Waals surface area contributed by atoms with E-state index >= 15 is 0 Å². The minimum absolute atomic E-state index is 0.308. The van der Waals surface area contributed by atoms with Gasteiger partial charge in [0.05, 0.1) is 6.10 Å². The van der Waals surface area contributed by atoms with Crippen LogP contribution in [0.4, 0.5) is 4.39 Å². The summed E-state index contributed by atoms with van der Waals surface area (Å²) >= 11 is 0. The maximum atomic E-state index is 13.1. The van der Waals surface area contributed by atoms with Crippen LogP contribution in [-0.4, -0.2) is 11.1 Å². The number of nitrogens with two attached hydrogens (primary N) is 1. The summed E-state index contributed by atoms with van der Waals surface area (Å²) in [4.78, 5) is 0. The van der Waals surface area contributed by atoms with Gasteiger partial charge in [0.1, 0.15) is 5.82 Å². The SMILES string of the molecule is Cc1c(F)cccc1[C@H](O)[C@@H](C)N. The smallest absolute Gasteiger partial charge is 0.126 e. The van der Waals surface area contributed by atoms with Gasteiger partial charge in [0.2, 0.25) is 0 Å². The summed E-state index contributed by atoms with van der Waals surface area (Å²) in [5, 5.41) is 9.61. The molecular formula is C10H14FNO. The van der Waals surface area contributed by atoms with E-state index in [-0.39, 0.29) is 11.9 Å². The maximum Gasteiger partial charge on any atom is 0.126 e. The molecule has 0 spiro atoms. The van der Waals surface area contributed by atoms with E-state index in [0.717, 1.165) is 0 Å². The molecule has 0 aliphatic carbocycles. The van der Waals surface area contributed by atoms with Crippen molar-refractivity contribution in [2.45, 2.75) is 26.0 Å². The normalized spacial score (nSPS) is 15.5. The van der Waals surface area contributed by atoms with Crippen molar-refractivity contribution in [2.75, 3.05) is 0 Å². The Kier molecular flexibility index (Phi) is 3.01. The summed E-state index contributed by atoms with van der Waals surface area (Å²) in [6.45, 7) is 3.32. The molecule has 2 atom stereocenters. The van der Waals surface area contributed by atoms with E-state index in [9.17, 15) is 9.50 Å². The molecule has 2 nitrogen and oxygen atoms in total. The minimum atomic E-state index is -0.796. The number of halogens is 1. The van der Waals surface area contributed by atoms with Gasteiger partial charge in [-0.2, -0.15) is 0 Å². The predicted octanol–water partition coefficient (Wildman–Crippen LogP) is 1.51. The number of hydrogen-bond acceptors (Lipinski definition) is 2. The lowest BCUT2D eigenvalue weighted by Crippen LogP contribution is -2.25. The molecule has 0 fully saturated rings. The van der Waals surface area contributed by atoms with E-state index in [1.54, 1.807) is 26.0 Å². The zero-order chi connectivity index (χ0) is 10.0. The average Bonchev–Trinajstić information content (AvgIpc) is 2.08. The topological polar surface area (TPSA) is 46.2 Å². The highest BCUT2D eigenvalue weighted by Crippen LogP contribution is 2.21. The van der Waals surface area contributed by atoms with Crippen LogP contribution >= 0.6 is 0 Å². The fraction of sp³-hybridized carbons (Fsp3) is 0.400. The summed E-state index contributed by atoms with van der Waals surface area (Å²) in [5.74, 6) is -0.308. The van der Waals surface area contributed by atoms with Crippen molar-refractivity contribution in [1.82, 2.24) is 0 Å². The highest BCUT2D eigenvalue weighted by atomic mass is 19.1. The molecule has 13 heavy (non-hydrogen) atoms. The Hall–Kier alpha value is -0.930. The van der Waals surface area contributed by atoms with Crippen molar-refractivity contribution in [3.05, 3.63) is 35.1 Å². The van der Waals surface area contributed by atoms with Crippen LogP contribution in [0.25, 0.3) is 0 Å². The molecule has 0 aromatic heterocycles. The van der Waals surface area contributed by atoms with Crippen LogP contribution in [-0.2, 0) is 0 Å². The molecule has 0 amide bonds. The maximum absolute atomic E-state index is 13.1. The second kappa shape index (κ2) is 3.85. The first-order valence-electron chi connectivity index (χ1n) is 4.22. The van der Waals surface area contributed by atoms with Crippen molar-refractivity contribution < 1.29 is 9.50 Å². The fourth-order valence-electron chi connectivity index (χ4n) is 1.23. The van der Waals surface area contributed by atoms with Crippen molar-refractivity contribution in [3.8, 4) is 0 Å². The molecule has 0 heterocycles. The van der Waals surface area contributed by atoms with Gasteiger partial charge in [-0.05, 0) is 31.0 Å². The number of rotatable bonds is 2. The molecule has 1 aromatic carbocycles. The van der Waals surface area contributed by atoms with Crippen LogP contribution in [0.5, 0.6) is 0 Å². The molecule has 72 valence electrons. The standard InChI is InChI=1S/C10H14FNO/c1-6-8(10(13)7(2)12)4-3-5-9(6)11/h3-5,7,10,13H,12H2,1-2H3/t7-,10-/m1/s1. The molecular weight excluding hydrogens is 169 g/mol. The van der Waals surface area contributed by atoms with E-state index in [2.05, 4.69) is 0 Å². The van der Waals surface area contributed by atoms with E-state index in [1.807, 2.05) is 0 Å². The summed E-state index contributed by atoms with van der Waals surface area (Å²) in [6, 6.07) is 4.24. The molecule has 3 heteroatoms. The minimum Gasteiger partial charge on any atom is -0.387 e. The fourth-order valence-corrected chi connectivity index (χ4v) is 1.23. The average molecular weight is 183 g/mol. The van der Waals surface area contributed by atoms with Crippen LogP contribution < -0.4 is 5.73 Å². The van der Waals surface area contributed by atoms with Gasteiger partial charge in [-0.3, -0.25) is 0 Å². The third-order valence-corrected chi connectivity index (χ3v) is 2.13. The van der Waals surface area contributed by atoms with Crippen LogP contribution in [0.3, 0.4) is 0 Å². The molecule has 1 aromatic rings. The molecule has 1 rings (SSSR count). The predicted molar refractivity (Wildman–Crippen MR) is 49.7 cm³/mol. The molecule has 0 radical (unpaired) electrons. The summed E-state index contributed by atoms with van der Waals surface area (Å²) in [7, 11) is 0. The van der Waals surface area contributed by atoms with Gasteiger partial charge in [0.25, 0.3) is 0 Å². The van der Waals surface area contributed by atoms with Crippen LogP contribution in [0, 0.1) is 12.7 Å². The summed E-state index contributed by atoms with van der Waals surface area (Å²) in [6.07, 6.45) is -0.796. The summed E-state index contributed by atoms with van der Waals surface area (Å²) in [5.41, 5.74) is 6.54. The van der Waals surface area contributed by atoms with Gasteiger partial charge in [0, 0.05) is 6.04 Å². The summed E-state index contributed by atoms with van der Waals surface area (Å²) < 4.78 is 13.1. The van der Waals surface area contributed by atoms with Crippen molar-refractivity contribution in [2.24, 2.45) is 5.73 Å². The van der Waals surface area contributed by atoms with Crippen molar-refractivity contribution in [3.63, 3.8) is 0 Å². The number of aliphatic hydroxyl groups is 1. The Bertz CT molecular complexity index is 299. The lowest BCUT2D eigenvalue weighted by Gasteiger charge is -2.17. The zero-order valence-electron chi connectivity index (χ0n) is 7.79. The Balaban J connectivity index is 3.07. The second-order valence-corrected chi connectivity index (χ2v) is 3.26. The van der Waals surface area contributed by atoms with E-state index in [4.69, 9.17) is 5.73 Å². The first-order valence-corrected chi connectivity index (χ1v) is 4.22. The number of aliphatic hydroxyl groups excluding tert-OH is 1.